The summed E-state index contributed by atoms with van der Waals surface area (Å²) in [6.45, 7) is 0.497. The fourth-order valence-corrected chi connectivity index (χ4v) is 2.67. The molecule has 1 aliphatic heterocycles. The second-order valence-corrected chi connectivity index (χ2v) is 5.94. The second-order valence-electron chi connectivity index (χ2n) is 4.40. The number of halogens is 1. The number of carbonyl (C=O) groups is 1. The van der Waals surface area contributed by atoms with Crippen molar-refractivity contribution in [3.8, 4) is 5.75 Å². The van der Waals surface area contributed by atoms with Crippen LogP contribution in [-0.4, -0.2) is 54.8 Å². The van der Waals surface area contributed by atoms with Crippen molar-refractivity contribution in [1.82, 2.24) is 9.21 Å². The van der Waals surface area contributed by atoms with Gasteiger partial charge in [-0.2, -0.15) is 12.7 Å². The summed E-state index contributed by atoms with van der Waals surface area (Å²) in [4.78, 5) is 13.5. The Balaban J connectivity index is 2.09. The molecule has 2 rings (SSSR count). The summed E-state index contributed by atoms with van der Waals surface area (Å²) in [6.07, 6.45) is 0. The van der Waals surface area contributed by atoms with E-state index in [4.69, 9.17) is 5.14 Å². The first-order chi connectivity index (χ1) is 9.29. The Labute approximate surface area is 115 Å². The topological polar surface area (TPSA) is 104 Å². The van der Waals surface area contributed by atoms with Crippen molar-refractivity contribution in [3.05, 3.63) is 29.6 Å². The molecule has 110 valence electrons. The number of benzene rings is 1. The summed E-state index contributed by atoms with van der Waals surface area (Å²) in [5.74, 6) is -1.56. The maximum atomic E-state index is 12.9. The van der Waals surface area contributed by atoms with Gasteiger partial charge in [0.15, 0.2) is 0 Å². The zero-order valence-corrected chi connectivity index (χ0v) is 11.3. The van der Waals surface area contributed by atoms with Crippen molar-refractivity contribution in [1.29, 1.82) is 0 Å². The number of nitrogens with two attached hydrogens (primary N) is 1. The van der Waals surface area contributed by atoms with Gasteiger partial charge in [0.1, 0.15) is 11.6 Å². The zero-order chi connectivity index (χ0) is 14.9. The van der Waals surface area contributed by atoms with E-state index in [1.807, 2.05) is 0 Å². The molecular formula is C11H14FN3O4S. The second kappa shape index (κ2) is 5.35. The molecule has 0 unspecified atom stereocenters. The highest BCUT2D eigenvalue weighted by molar-refractivity contribution is 7.86. The predicted molar refractivity (Wildman–Crippen MR) is 68.6 cm³/mol. The molecule has 1 fully saturated rings. The smallest absolute Gasteiger partial charge is 0.277 e. The van der Waals surface area contributed by atoms with Crippen LogP contribution < -0.4 is 5.14 Å². The molecule has 3 N–H and O–H groups in total. The van der Waals surface area contributed by atoms with Gasteiger partial charge in [0.2, 0.25) is 0 Å². The van der Waals surface area contributed by atoms with Gasteiger partial charge in [0.05, 0.1) is 5.56 Å². The first kappa shape index (κ1) is 14.7. The lowest BCUT2D eigenvalue weighted by atomic mass is 10.1. The average Bonchev–Trinajstić information content (AvgIpc) is 2.37. The van der Waals surface area contributed by atoms with Crippen molar-refractivity contribution in [2.75, 3.05) is 26.2 Å². The average molecular weight is 303 g/mol. The monoisotopic (exact) mass is 303 g/mol. The van der Waals surface area contributed by atoms with Crippen molar-refractivity contribution in [2.45, 2.75) is 0 Å². The number of rotatable bonds is 2. The number of carbonyl (C=O) groups excluding carboxylic acids is 1. The quantitative estimate of drug-likeness (QED) is 0.768. The highest BCUT2D eigenvalue weighted by Gasteiger charge is 2.28. The Morgan fingerprint density at radius 3 is 2.35 bits per heavy atom. The van der Waals surface area contributed by atoms with E-state index in [0.29, 0.717) is 0 Å². The minimum Gasteiger partial charge on any atom is -0.507 e. The van der Waals surface area contributed by atoms with Gasteiger partial charge in [-0.3, -0.25) is 4.79 Å². The molecule has 0 saturated carbocycles. The lowest BCUT2D eigenvalue weighted by Crippen LogP contribution is -2.52. The van der Waals surface area contributed by atoms with Crippen molar-refractivity contribution in [3.63, 3.8) is 0 Å². The number of phenolic OH excluding ortho intramolecular Hbond substituents is 1. The third kappa shape index (κ3) is 3.06. The molecule has 0 bridgehead atoms. The van der Waals surface area contributed by atoms with Crippen LogP contribution in [0, 0.1) is 5.82 Å². The third-order valence-electron chi connectivity index (χ3n) is 3.08. The molecule has 7 nitrogen and oxygen atoms in total. The number of amides is 1. The summed E-state index contributed by atoms with van der Waals surface area (Å²) < 4.78 is 36.2. The zero-order valence-electron chi connectivity index (χ0n) is 10.5. The molecule has 9 heteroatoms. The van der Waals surface area contributed by atoms with Crippen LogP contribution in [0.1, 0.15) is 10.4 Å². The van der Waals surface area contributed by atoms with Crippen molar-refractivity contribution in [2.24, 2.45) is 5.14 Å². The van der Waals surface area contributed by atoms with Crippen LogP contribution in [0.3, 0.4) is 0 Å². The Bertz CT molecular complexity index is 627. The predicted octanol–water partition coefficient (Wildman–Crippen LogP) is -0.507. The van der Waals surface area contributed by atoms with Crippen LogP contribution in [-0.2, 0) is 10.2 Å². The highest BCUT2D eigenvalue weighted by Crippen LogP contribution is 2.20. The van der Waals surface area contributed by atoms with Gasteiger partial charge in [0, 0.05) is 32.2 Å². The molecule has 0 aliphatic carbocycles. The minimum atomic E-state index is -3.76. The van der Waals surface area contributed by atoms with Crippen molar-refractivity contribution >= 4 is 16.1 Å². The molecule has 1 saturated heterocycles. The third-order valence-corrected chi connectivity index (χ3v) is 4.16. The molecule has 20 heavy (non-hydrogen) atoms. The van der Waals surface area contributed by atoms with Crippen molar-refractivity contribution < 1.29 is 22.7 Å². The lowest BCUT2D eigenvalue weighted by molar-refractivity contribution is 0.0694. The Morgan fingerprint density at radius 1 is 1.25 bits per heavy atom. The molecule has 1 heterocycles. The summed E-state index contributed by atoms with van der Waals surface area (Å²) in [7, 11) is -3.76. The Morgan fingerprint density at radius 2 is 1.85 bits per heavy atom. The van der Waals surface area contributed by atoms with E-state index in [1.54, 1.807) is 0 Å². The molecule has 0 atom stereocenters. The van der Waals surface area contributed by atoms with E-state index in [-0.39, 0.29) is 31.7 Å². The molecule has 1 amide bonds. The van der Waals surface area contributed by atoms with Crippen LogP contribution in [0.2, 0.25) is 0 Å². The molecule has 1 aromatic rings. The normalized spacial score (nSPS) is 17.2. The van der Waals surface area contributed by atoms with E-state index in [0.717, 1.165) is 16.4 Å². The van der Waals surface area contributed by atoms with Crippen LogP contribution >= 0.6 is 0 Å². The van der Waals surface area contributed by atoms with Gasteiger partial charge in [-0.25, -0.2) is 9.53 Å². The maximum absolute atomic E-state index is 12.9. The van der Waals surface area contributed by atoms with E-state index >= 15 is 0 Å². The lowest BCUT2D eigenvalue weighted by Gasteiger charge is -2.33. The number of nitrogens with zero attached hydrogens (tertiary/aromatic N) is 2. The number of hydrogen-bond donors (Lipinski definition) is 2. The minimum absolute atomic E-state index is 0.0181. The molecule has 0 spiro atoms. The fourth-order valence-electron chi connectivity index (χ4n) is 2.00. The van der Waals surface area contributed by atoms with Gasteiger partial charge >= 0.3 is 0 Å². The Hall–Kier alpha value is -1.71. The first-order valence-electron chi connectivity index (χ1n) is 5.84. The first-order valence-corrected chi connectivity index (χ1v) is 7.35. The summed E-state index contributed by atoms with van der Waals surface area (Å²) in [5, 5.41) is 14.6. The SMILES string of the molecule is NS(=O)(=O)N1CCN(C(=O)c2ccc(F)cc2O)CC1. The summed E-state index contributed by atoms with van der Waals surface area (Å²) in [5.41, 5.74) is -0.0181. The van der Waals surface area contributed by atoms with Gasteiger partial charge in [0.25, 0.3) is 16.1 Å². The molecule has 1 aliphatic rings. The largest absolute Gasteiger partial charge is 0.507 e. The van der Waals surface area contributed by atoms with E-state index in [9.17, 15) is 22.7 Å². The van der Waals surface area contributed by atoms with E-state index < -0.39 is 27.7 Å². The molecule has 1 aromatic carbocycles. The number of aromatic hydroxyl groups is 1. The van der Waals surface area contributed by atoms with Gasteiger partial charge in [-0.15, -0.1) is 0 Å². The highest BCUT2D eigenvalue weighted by atomic mass is 32.2. The van der Waals surface area contributed by atoms with Crippen LogP contribution in [0.25, 0.3) is 0 Å². The van der Waals surface area contributed by atoms with E-state index in [2.05, 4.69) is 0 Å². The standard InChI is InChI=1S/C11H14FN3O4S/c12-8-1-2-9(10(16)7-8)11(17)14-3-5-15(6-4-14)20(13,18)19/h1-2,7,16H,3-6H2,(H2,13,18,19). The van der Waals surface area contributed by atoms with Gasteiger partial charge in [-0.05, 0) is 12.1 Å². The number of hydrogen-bond acceptors (Lipinski definition) is 4. The molecule has 0 aromatic heterocycles. The number of phenols is 1. The summed E-state index contributed by atoms with van der Waals surface area (Å²) in [6, 6.07) is 3.13. The number of piperazine rings is 1. The fraction of sp³-hybridized carbons (Fsp3) is 0.364. The molecular weight excluding hydrogens is 289 g/mol. The van der Waals surface area contributed by atoms with Crippen LogP contribution in [0.5, 0.6) is 5.75 Å². The Kier molecular flexibility index (Phi) is 3.93. The van der Waals surface area contributed by atoms with Crippen LogP contribution in [0.4, 0.5) is 4.39 Å². The van der Waals surface area contributed by atoms with Crippen LogP contribution in [0.15, 0.2) is 18.2 Å². The summed E-state index contributed by atoms with van der Waals surface area (Å²) >= 11 is 0. The molecule has 0 radical (unpaired) electrons. The van der Waals surface area contributed by atoms with Gasteiger partial charge in [-0.1, -0.05) is 0 Å². The van der Waals surface area contributed by atoms with E-state index in [1.165, 1.54) is 11.0 Å². The van der Waals surface area contributed by atoms with Gasteiger partial charge < -0.3 is 10.0 Å². The maximum Gasteiger partial charge on any atom is 0.277 e.